The SMILES string of the molecule is C=c1ccc2c(c1)Oc1cc(CNC)ccc1C=2c1ccc(C(C)C)cc1C(=O)O.CC(C)N1C(=O)c2cccc3c(N)ccc(c23)C1=O.O=S(=O)=O.O=S(=O)=O. The van der Waals surface area contributed by atoms with Gasteiger partial charge in [0.15, 0.2) is 0 Å². The first-order valence-corrected chi connectivity index (χ1v) is 19.3. The molecule has 5 aromatic carbocycles. The maximum atomic E-state index is 12.4. The van der Waals surface area contributed by atoms with Gasteiger partial charge in [-0.15, -0.1) is 25.3 Å². The Hall–Kier alpha value is -6.49. The number of aromatic carboxylic acids is 1. The first-order valence-electron chi connectivity index (χ1n) is 17.3. The van der Waals surface area contributed by atoms with Gasteiger partial charge in [-0.05, 0) is 85.1 Å². The number of ether oxygens (including phenoxy) is 1. The highest BCUT2D eigenvalue weighted by Crippen LogP contribution is 2.38. The van der Waals surface area contributed by atoms with Crippen LogP contribution in [0, 0.1) is 0 Å². The van der Waals surface area contributed by atoms with Gasteiger partial charge < -0.3 is 20.9 Å². The molecular weight excluding hydrogens is 775 g/mol. The minimum Gasteiger partial charge on any atom is -0.478 e. The van der Waals surface area contributed by atoms with Crippen molar-refractivity contribution in [1.82, 2.24) is 10.2 Å². The molecule has 5 aromatic rings. The summed E-state index contributed by atoms with van der Waals surface area (Å²) in [4.78, 5) is 38.4. The normalized spacial score (nSPS) is 12.2. The highest BCUT2D eigenvalue weighted by atomic mass is 32.2. The molecule has 0 aromatic heterocycles. The first kappa shape index (κ1) is 43.2. The summed E-state index contributed by atoms with van der Waals surface area (Å²) in [6.07, 6.45) is 0. The van der Waals surface area contributed by atoms with E-state index in [4.69, 9.17) is 35.7 Å². The Kier molecular flexibility index (Phi) is 14.0. The number of rotatable bonds is 6. The van der Waals surface area contributed by atoms with E-state index in [1.54, 1.807) is 30.3 Å². The van der Waals surface area contributed by atoms with Crippen molar-refractivity contribution in [2.45, 2.75) is 46.2 Å². The van der Waals surface area contributed by atoms with Crippen LogP contribution in [0.1, 0.15) is 86.9 Å². The lowest BCUT2D eigenvalue weighted by Gasteiger charge is -2.30. The Labute approximate surface area is 331 Å². The van der Waals surface area contributed by atoms with E-state index >= 15 is 0 Å². The predicted molar refractivity (Wildman–Crippen MR) is 213 cm³/mol. The fraction of sp³-hybridized carbons (Fsp3) is 0.195. The van der Waals surface area contributed by atoms with E-state index in [-0.39, 0.29) is 23.8 Å². The quantitative estimate of drug-likeness (QED) is 0.157. The number of carbonyl (C=O) groups excluding carboxylic acids is 2. The molecule has 0 atom stereocenters. The van der Waals surface area contributed by atoms with Gasteiger partial charge in [0.25, 0.3) is 11.8 Å². The molecule has 14 nitrogen and oxygen atoms in total. The van der Waals surface area contributed by atoms with Gasteiger partial charge >= 0.3 is 27.2 Å². The number of benzene rings is 5. The average Bonchev–Trinajstić information content (AvgIpc) is 3.13. The predicted octanol–water partition coefficient (Wildman–Crippen LogP) is 4.41. The highest BCUT2D eigenvalue weighted by molar-refractivity contribution is 7.59. The molecule has 7 rings (SSSR count). The lowest BCUT2D eigenvalue weighted by atomic mass is 9.87. The number of carboxylic acids is 1. The minimum atomic E-state index is -3.11. The number of hydrogen-bond acceptors (Lipinski definition) is 12. The van der Waals surface area contributed by atoms with Gasteiger partial charge in [0, 0.05) is 56.5 Å². The standard InChI is InChI=1S/C26H25NO3.C15H14N2O2.2O3S/c1-15(2)18-7-10-19(22(13-18)26(28)29)25-20-8-5-16(3)11-23(20)30-24-12-17(14-27-4)6-9-21(24)25;1-8(2)17-14(18)10-5-3-4-9-12(16)7-6-11(13(9)10)15(17)19;2*1-4(2)3/h5-13,15,27H,3,14H2,1-2,4H3,(H,28,29);3-8H,16H2,1-2H3;;. The summed E-state index contributed by atoms with van der Waals surface area (Å²) in [6, 6.07) is 26.2. The number of hydrogen-bond donors (Lipinski definition) is 3. The fourth-order valence-corrected chi connectivity index (χ4v) is 6.51. The zero-order valence-corrected chi connectivity index (χ0v) is 33.2. The Morgan fingerprint density at radius 2 is 1.39 bits per heavy atom. The lowest BCUT2D eigenvalue weighted by molar-refractivity contribution is 0.0562. The summed E-state index contributed by atoms with van der Waals surface area (Å²) in [5.74, 6) is 0.229. The average molecular weight is 814 g/mol. The summed E-state index contributed by atoms with van der Waals surface area (Å²) < 4.78 is 56.9. The van der Waals surface area contributed by atoms with Crippen molar-refractivity contribution in [3.63, 3.8) is 0 Å². The second-order valence-corrected chi connectivity index (χ2v) is 14.2. The van der Waals surface area contributed by atoms with Crippen molar-refractivity contribution in [3.05, 3.63) is 134 Å². The third-order valence-electron chi connectivity index (χ3n) is 8.93. The van der Waals surface area contributed by atoms with Crippen molar-refractivity contribution in [2.24, 2.45) is 0 Å². The van der Waals surface area contributed by atoms with E-state index in [0.29, 0.717) is 39.1 Å². The summed E-state index contributed by atoms with van der Waals surface area (Å²) in [5.41, 5.74) is 12.4. The number of carboxylic acid groups (broad SMARTS) is 1. The zero-order chi connectivity index (χ0) is 42.3. The van der Waals surface area contributed by atoms with E-state index in [0.717, 1.165) is 50.4 Å². The summed E-state index contributed by atoms with van der Waals surface area (Å²) in [7, 11) is -4.32. The van der Waals surface area contributed by atoms with E-state index < -0.39 is 27.2 Å². The number of nitrogens with zero attached hydrogens (tertiary/aromatic N) is 1. The molecule has 0 bridgehead atoms. The largest absolute Gasteiger partial charge is 0.478 e. The molecule has 0 unspecified atom stereocenters. The summed E-state index contributed by atoms with van der Waals surface area (Å²) in [6.45, 7) is 12.5. The number of anilines is 1. The first-order chi connectivity index (χ1) is 26.9. The number of nitrogens with two attached hydrogens (primary N) is 1. The number of nitrogen functional groups attached to an aromatic ring is 1. The van der Waals surface area contributed by atoms with Crippen molar-refractivity contribution < 1.29 is 49.5 Å². The Morgan fingerprint density at radius 1 is 0.789 bits per heavy atom. The van der Waals surface area contributed by atoms with Crippen LogP contribution < -0.4 is 26.2 Å². The van der Waals surface area contributed by atoms with E-state index in [1.165, 1.54) is 4.90 Å². The minimum absolute atomic E-state index is 0.166. The second-order valence-electron chi connectivity index (χ2n) is 13.3. The number of imide groups is 1. The maximum absolute atomic E-state index is 12.4. The Morgan fingerprint density at radius 3 is 1.96 bits per heavy atom. The molecular formula is C41H39N3O11S2. The second kappa shape index (κ2) is 18.4. The van der Waals surface area contributed by atoms with Crippen molar-refractivity contribution in [2.75, 3.05) is 12.8 Å². The van der Waals surface area contributed by atoms with E-state index in [2.05, 4.69) is 25.7 Å². The van der Waals surface area contributed by atoms with Crippen LogP contribution in [-0.2, 0) is 27.8 Å². The third kappa shape index (κ3) is 9.85. The van der Waals surface area contributed by atoms with Crippen LogP contribution in [0.3, 0.4) is 0 Å². The molecule has 2 heterocycles. The molecule has 16 heteroatoms. The molecule has 2 aliphatic rings. The summed E-state index contributed by atoms with van der Waals surface area (Å²) in [5, 5.41) is 16.3. The van der Waals surface area contributed by atoms with E-state index in [9.17, 15) is 19.5 Å². The van der Waals surface area contributed by atoms with Crippen LogP contribution in [-0.4, -0.2) is 66.1 Å². The number of carbonyl (C=O) groups is 3. The van der Waals surface area contributed by atoms with Gasteiger partial charge in [-0.3, -0.25) is 14.5 Å². The Bertz CT molecular complexity index is 2710. The van der Waals surface area contributed by atoms with Gasteiger partial charge in [0.05, 0.1) is 5.56 Å². The maximum Gasteiger partial charge on any atom is 0.425 e. The monoisotopic (exact) mass is 813 g/mol. The topological polar surface area (TPSA) is 224 Å². The van der Waals surface area contributed by atoms with Crippen LogP contribution in [0.25, 0.3) is 22.9 Å². The molecule has 4 N–H and O–H groups in total. The highest BCUT2D eigenvalue weighted by Gasteiger charge is 2.34. The number of fused-ring (bicyclic) bond motifs is 2. The van der Waals surface area contributed by atoms with Crippen molar-refractivity contribution in [3.8, 4) is 11.5 Å². The van der Waals surface area contributed by atoms with Crippen molar-refractivity contribution >= 4 is 67.6 Å². The smallest absolute Gasteiger partial charge is 0.425 e. The Balaban J connectivity index is 0.000000227. The lowest BCUT2D eigenvalue weighted by Crippen LogP contribution is -2.44. The van der Waals surface area contributed by atoms with Gasteiger partial charge in [0.1, 0.15) is 11.5 Å². The fourth-order valence-electron chi connectivity index (χ4n) is 6.51. The molecule has 0 saturated carbocycles. The van der Waals surface area contributed by atoms with Crippen LogP contribution in [0.5, 0.6) is 11.5 Å². The third-order valence-corrected chi connectivity index (χ3v) is 8.93. The molecule has 0 saturated heterocycles. The molecule has 2 amide bonds. The molecule has 0 radical (unpaired) electrons. The van der Waals surface area contributed by atoms with Gasteiger partial charge in [-0.25, -0.2) is 4.79 Å². The van der Waals surface area contributed by atoms with Crippen LogP contribution >= 0.6 is 0 Å². The van der Waals surface area contributed by atoms with E-state index in [1.807, 2.05) is 75.5 Å². The van der Waals surface area contributed by atoms with Crippen LogP contribution in [0.4, 0.5) is 5.69 Å². The number of nitrogens with one attached hydrogen (secondary N) is 1. The van der Waals surface area contributed by atoms with Gasteiger partial charge in [0.2, 0.25) is 0 Å². The number of amides is 2. The van der Waals surface area contributed by atoms with Crippen LogP contribution in [0.2, 0.25) is 0 Å². The molecule has 0 aliphatic carbocycles. The summed E-state index contributed by atoms with van der Waals surface area (Å²) >= 11 is 0. The zero-order valence-electron chi connectivity index (χ0n) is 31.5. The molecule has 0 fully saturated rings. The van der Waals surface area contributed by atoms with Gasteiger partial charge in [-0.2, -0.15) is 0 Å². The molecule has 0 spiro atoms. The molecule has 57 heavy (non-hydrogen) atoms. The van der Waals surface area contributed by atoms with Crippen LogP contribution in [0.15, 0.2) is 84.9 Å². The molecule has 2 aliphatic heterocycles. The molecule has 296 valence electrons. The van der Waals surface area contributed by atoms with Gasteiger partial charge in [-0.1, -0.05) is 69.0 Å². The van der Waals surface area contributed by atoms with Crippen molar-refractivity contribution in [1.29, 1.82) is 0 Å².